The molecule has 5 heteroatoms. The van der Waals surface area contributed by atoms with Crippen LogP contribution in [-0.4, -0.2) is 56.0 Å². The van der Waals surface area contributed by atoms with Gasteiger partial charge in [-0.25, -0.2) is 4.79 Å². The van der Waals surface area contributed by atoms with E-state index in [0.717, 1.165) is 18.5 Å². The van der Waals surface area contributed by atoms with E-state index in [2.05, 4.69) is 16.6 Å². The number of hydrogen-bond acceptors (Lipinski definition) is 4. The van der Waals surface area contributed by atoms with Gasteiger partial charge in [0.15, 0.2) is 0 Å². The molecule has 0 saturated carbocycles. The summed E-state index contributed by atoms with van der Waals surface area (Å²) in [5.74, 6) is -0.246. The van der Waals surface area contributed by atoms with Gasteiger partial charge in [-0.2, -0.15) is 0 Å². The Morgan fingerprint density at radius 2 is 1.76 bits per heavy atom. The topological polar surface area (TPSA) is 49.9 Å². The molecule has 1 amide bonds. The third-order valence-corrected chi connectivity index (χ3v) is 3.18. The van der Waals surface area contributed by atoms with E-state index in [1.54, 1.807) is 31.1 Å². The molecular formula is C16H24N2O3. The number of methoxy groups -OCH3 is 1. The standard InChI is InChI=1S/C16H24N2O3/c1-5-10-18(12-15(19)17(2)3)11-13-6-8-14(9-7-13)16(20)21-4/h6-9H,5,10-12H2,1-4H3. The second-order valence-electron chi connectivity index (χ2n) is 5.19. The molecule has 0 aliphatic heterocycles. The first kappa shape index (κ1) is 17.2. The maximum atomic E-state index is 11.8. The summed E-state index contributed by atoms with van der Waals surface area (Å²) in [6, 6.07) is 7.29. The van der Waals surface area contributed by atoms with Crippen molar-refractivity contribution in [2.45, 2.75) is 19.9 Å². The molecule has 1 rings (SSSR count). The van der Waals surface area contributed by atoms with Crippen molar-refractivity contribution in [3.05, 3.63) is 35.4 Å². The van der Waals surface area contributed by atoms with Crippen LogP contribution in [0.3, 0.4) is 0 Å². The van der Waals surface area contributed by atoms with Crippen LogP contribution in [0.2, 0.25) is 0 Å². The molecule has 0 atom stereocenters. The zero-order valence-corrected chi connectivity index (χ0v) is 13.3. The minimum Gasteiger partial charge on any atom is -0.465 e. The Bertz CT molecular complexity index is 469. The predicted octanol–water partition coefficient (Wildman–Crippen LogP) is 1.77. The van der Waals surface area contributed by atoms with Crippen molar-refractivity contribution >= 4 is 11.9 Å². The number of hydrogen-bond donors (Lipinski definition) is 0. The molecule has 21 heavy (non-hydrogen) atoms. The number of rotatable bonds is 7. The first-order valence-corrected chi connectivity index (χ1v) is 7.07. The SMILES string of the molecule is CCCN(CC(=O)N(C)C)Cc1ccc(C(=O)OC)cc1. The fraction of sp³-hybridized carbons (Fsp3) is 0.500. The summed E-state index contributed by atoms with van der Waals surface area (Å²) in [6.07, 6.45) is 0.987. The Morgan fingerprint density at radius 3 is 2.24 bits per heavy atom. The van der Waals surface area contributed by atoms with Crippen LogP contribution in [0.1, 0.15) is 29.3 Å². The average Bonchev–Trinajstić information content (AvgIpc) is 2.47. The third kappa shape index (κ3) is 5.55. The quantitative estimate of drug-likeness (QED) is 0.719. The molecule has 0 radical (unpaired) electrons. The molecule has 0 fully saturated rings. The van der Waals surface area contributed by atoms with Gasteiger partial charge >= 0.3 is 5.97 Å². The van der Waals surface area contributed by atoms with Crippen molar-refractivity contribution in [3.63, 3.8) is 0 Å². The van der Waals surface area contributed by atoms with Crippen LogP contribution in [-0.2, 0) is 16.1 Å². The Labute approximate surface area is 126 Å². The lowest BCUT2D eigenvalue weighted by Gasteiger charge is -2.23. The number of amides is 1. The van der Waals surface area contributed by atoms with Gasteiger partial charge in [0.1, 0.15) is 0 Å². The highest BCUT2D eigenvalue weighted by molar-refractivity contribution is 5.89. The van der Waals surface area contributed by atoms with E-state index < -0.39 is 0 Å². The first-order valence-electron chi connectivity index (χ1n) is 7.07. The summed E-state index contributed by atoms with van der Waals surface area (Å²) in [5.41, 5.74) is 1.61. The van der Waals surface area contributed by atoms with E-state index in [1.165, 1.54) is 7.11 Å². The molecule has 0 spiro atoms. The summed E-state index contributed by atoms with van der Waals surface area (Å²) < 4.78 is 4.68. The maximum Gasteiger partial charge on any atom is 0.337 e. The van der Waals surface area contributed by atoms with Crippen molar-refractivity contribution in [2.24, 2.45) is 0 Å². The lowest BCUT2D eigenvalue weighted by atomic mass is 10.1. The zero-order chi connectivity index (χ0) is 15.8. The van der Waals surface area contributed by atoms with Gasteiger partial charge in [0.25, 0.3) is 0 Å². The second kappa shape index (κ2) is 8.42. The number of likely N-dealkylation sites (N-methyl/N-ethyl adjacent to an activating group) is 1. The van der Waals surface area contributed by atoms with Crippen molar-refractivity contribution in [3.8, 4) is 0 Å². The van der Waals surface area contributed by atoms with Gasteiger partial charge in [-0.1, -0.05) is 19.1 Å². The number of ether oxygens (including phenoxy) is 1. The Balaban J connectivity index is 2.70. The number of benzene rings is 1. The van der Waals surface area contributed by atoms with E-state index in [0.29, 0.717) is 18.7 Å². The van der Waals surface area contributed by atoms with Gasteiger partial charge in [0, 0.05) is 20.6 Å². The van der Waals surface area contributed by atoms with Gasteiger partial charge in [0.05, 0.1) is 19.2 Å². The summed E-state index contributed by atoms with van der Waals surface area (Å²) >= 11 is 0. The molecule has 0 N–H and O–H groups in total. The average molecular weight is 292 g/mol. The summed E-state index contributed by atoms with van der Waals surface area (Å²) in [6.45, 7) is 4.04. The monoisotopic (exact) mass is 292 g/mol. The van der Waals surface area contributed by atoms with Crippen LogP contribution in [0.25, 0.3) is 0 Å². The number of nitrogens with zero attached hydrogens (tertiary/aromatic N) is 2. The Hall–Kier alpha value is -1.88. The Kier molecular flexibility index (Phi) is 6.88. The minimum absolute atomic E-state index is 0.0923. The molecule has 0 bridgehead atoms. The van der Waals surface area contributed by atoms with E-state index in [1.807, 2.05) is 12.1 Å². The largest absolute Gasteiger partial charge is 0.465 e. The predicted molar refractivity (Wildman–Crippen MR) is 82.0 cm³/mol. The molecule has 0 aliphatic carbocycles. The molecule has 0 aromatic heterocycles. The molecule has 0 unspecified atom stereocenters. The first-order chi connectivity index (χ1) is 9.97. The lowest BCUT2D eigenvalue weighted by molar-refractivity contribution is -0.130. The molecule has 1 aromatic carbocycles. The summed E-state index contributed by atoms with van der Waals surface area (Å²) in [7, 11) is 4.89. The highest BCUT2D eigenvalue weighted by Gasteiger charge is 2.12. The smallest absolute Gasteiger partial charge is 0.337 e. The van der Waals surface area contributed by atoms with Gasteiger partial charge < -0.3 is 9.64 Å². The molecular weight excluding hydrogens is 268 g/mol. The third-order valence-electron chi connectivity index (χ3n) is 3.18. The zero-order valence-electron chi connectivity index (χ0n) is 13.3. The molecule has 0 aliphatic rings. The van der Waals surface area contributed by atoms with Crippen LogP contribution < -0.4 is 0 Å². The van der Waals surface area contributed by atoms with E-state index in [4.69, 9.17) is 0 Å². The highest BCUT2D eigenvalue weighted by atomic mass is 16.5. The molecule has 116 valence electrons. The van der Waals surface area contributed by atoms with Gasteiger partial charge in [0.2, 0.25) is 5.91 Å². The summed E-state index contributed by atoms with van der Waals surface area (Å²) in [4.78, 5) is 26.9. The number of carbonyl (C=O) groups excluding carboxylic acids is 2. The van der Waals surface area contributed by atoms with Gasteiger partial charge in [-0.05, 0) is 30.7 Å². The van der Waals surface area contributed by atoms with Gasteiger partial charge in [-0.15, -0.1) is 0 Å². The molecule has 5 nitrogen and oxygen atoms in total. The number of esters is 1. The van der Waals surface area contributed by atoms with Crippen LogP contribution >= 0.6 is 0 Å². The van der Waals surface area contributed by atoms with Crippen LogP contribution in [0, 0.1) is 0 Å². The minimum atomic E-state index is -0.338. The van der Waals surface area contributed by atoms with E-state index in [9.17, 15) is 9.59 Å². The van der Waals surface area contributed by atoms with Crippen molar-refractivity contribution in [2.75, 3.05) is 34.3 Å². The number of carbonyl (C=O) groups is 2. The molecule has 0 saturated heterocycles. The molecule has 0 heterocycles. The maximum absolute atomic E-state index is 11.8. The van der Waals surface area contributed by atoms with Crippen LogP contribution in [0.15, 0.2) is 24.3 Å². The highest BCUT2D eigenvalue weighted by Crippen LogP contribution is 2.09. The fourth-order valence-electron chi connectivity index (χ4n) is 1.99. The van der Waals surface area contributed by atoms with Crippen LogP contribution in [0.4, 0.5) is 0 Å². The van der Waals surface area contributed by atoms with Gasteiger partial charge in [-0.3, -0.25) is 9.69 Å². The van der Waals surface area contributed by atoms with Crippen LogP contribution in [0.5, 0.6) is 0 Å². The Morgan fingerprint density at radius 1 is 1.14 bits per heavy atom. The van der Waals surface area contributed by atoms with Crippen molar-refractivity contribution < 1.29 is 14.3 Å². The lowest BCUT2D eigenvalue weighted by Crippen LogP contribution is -2.36. The summed E-state index contributed by atoms with van der Waals surface area (Å²) in [5, 5.41) is 0. The normalized spacial score (nSPS) is 10.5. The van der Waals surface area contributed by atoms with E-state index in [-0.39, 0.29) is 11.9 Å². The van der Waals surface area contributed by atoms with E-state index >= 15 is 0 Å². The fourth-order valence-corrected chi connectivity index (χ4v) is 1.99. The molecule has 1 aromatic rings. The van der Waals surface area contributed by atoms with Crippen molar-refractivity contribution in [1.29, 1.82) is 0 Å². The van der Waals surface area contributed by atoms with Crippen molar-refractivity contribution in [1.82, 2.24) is 9.80 Å². The second-order valence-corrected chi connectivity index (χ2v) is 5.19.